The minimum atomic E-state index is -0.0638. The molecule has 0 bridgehead atoms. The van der Waals surface area contributed by atoms with Crippen molar-refractivity contribution in [2.45, 2.75) is 26.3 Å². The van der Waals surface area contributed by atoms with Gasteiger partial charge in [0, 0.05) is 24.5 Å². The van der Waals surface area contributed by atoms with E-state index in [1.54, 1.807) is 17.7 Å². The molecule has 0 aromatic carbocycles. The fraction of sp³-hybridized carbons (Fsp3) is 0.455. The van der Waals surface area contributed by atoms with Crippen LogP contribution in [0, 0.1) is 13.8 Å². The van der Waals surface area contributed by atoms with E-state index in [1.807, 2.05) is 24.7 Å². The van der Waals surface area contributed by atoms with Gasteiger partial charge in [-0.1, -0.05) is 0 Å². The third-order valence-corrected chi connectivity index (χ3v) is 3.67. The molecule has 2 N–H and O–H groups in total. The highest BCUT2D eigenvalue weighted by atomic mass is 32.1. The first-order chi connectivity index (χ1) is 7.56. The van der Waals surface area contributed by atoms with Crippen LogP contribution in [0.15, 0.2) is 12.5 Å². The first-order valence-corrected chi connectivity index (χ1v) is 6.04. The molecule has 5 heteroatoms. The SMILES string of the molecule is Cc1nc(CC(N)c2cn(C)cn2)sc1C. The van der Waals surface area contributed by atoms with Crippen molar-refractivity contribution in [1.29, 1.82) is 0 Å². The van der Waals surface area contributed by atoms with Crippen molar-refractivity contribution in [2.24, 2.45) is 12.8 Å². The molecular formula is C11H16N4S. The van der Waals surface area contributed by atoms with E-state index in [0.717, 1.165) is 22.8 Å². The second kappa shape index (κ2) is 4.35. The molecule has 0 aliphatic rings. The van der Waals surface area contributed by atoms with E-state index in [0.29, 0.717) is 0 Å². The van der Waals surface area contributed by atoms with Crippen LogP contribution in [0.3, 0.4) is 0 Å². The zero-order chi connectivity index (χ0) is 11.7. The molecule has 0 aliphatic carbocycles. The summed E-state index contributed by atoms with van der Waals surface area (Å²) in [5.74, 6) is 0. The van der Waals surface area contributed by atoms with Crippen molar-refractivity contribution in [3.63, 3.8) is 0 Å². The summed E-state index contributed by atoms with van der Waals surface area (Å²) in [5, 5.41) is 1.09. The standard InChI is InChI=1S/C11H16N4S/c1-7-8(2)16-11(14-7)4-9(12)10-5-15(3)6-13-10/h5-6,9H,4,12H2,1-3H3. The maximum Gasteiger partial charge on any atom is 0.0950 e. The van der Waals surface area contributed by atoms with Crippen molar-refractivity contribution < 1.29 is 0 Å². The van der Waals surface area contributed by atoms with Gasteiger partial charge in [-0.2, -0.15) is 0 Å². The first kappa shape index (κ1) is 11.3. The molecular weight excluding hydrogens is 220 g/mol. The Morgan fingerprint density at radius 2 is 2.25 bits per heavy atom. The van der Waals surface area contributed by atoms with Crippen LogP contribution >= 0.6 is 11.3 Å². The van der Waals surface area contributed by atoms with E-state index < -0.39 is 0 Å². The lowest BCUT2D eigenvalue weighted by atomic mass is 10.2. The van der Waals surface area contributed by atoms with Crippen LogP contribution < -0.4 is 5.73 Å². The van der Waals surface area contributed by atoms with Crippen LogP contribution in [-0.2, 0) is 13.5 Å². The van der Waals surface area contributed by atoms with E-state index in [-0.39, 0.29) is 6.04 Å². The molecule has 0 radical (unpaired) electrons. The summed E-state index contributed by atoms with van der Waals surface area (Å²) >= 11 is 1.72. The summed E-state index contributed by atoms with van der Waals surface area (Å²) in [6, 6.07) is -0.0638. The van der Waals surface area contributed by atoms with Crippen LogP contribution in [0.1, 0.15) is 27.3 Å². The molecule has 2 heterocycles. The summed E-state index contributed by atoms with van der Waals surface area (Å²) < 4.78 is 1.91. The number of aromatic nitrogens is 3. The summed E-state index contributed by atoms with van der Waals surface area (Å²) in [5.41, 5.74) is 8.12. The number of rotatable bonds is 3. The Kier molecular flexibility index (Phi) is 3.07. The summed E-state index contributed by atoms with van der Waals surface area (Å²) in [6.45, 7) is 4.12. The third kappa shape index (κ3) is 2.31. The normalized spacial score (nSPS) is 13.0. The van der Waals surface area contributed by atoms with Crippen molar-refractivity contribution in [3.05, 3.63) is 33.8 Å². The van der Waals surface area contributed by atoms with Gasteiger partial charge >= 0.3 is 0 Å². The minimum Gasteiger partial charge on any atom is -0.340 e. The lowest BCUT2D eigenvalue weighted by molar-refractivity contribution is 0.695. The van der Waals surface area contributed by atoms with Crippen LogP contribution in [0.2, 0.25) is 0 Å². The average molecular weight is 236 g/mol. The number of thiazole rings is 1. The Morgan fingerprint density at radius 3 is 2.75 bits per heavy atom. The van der Waals surface area contributed by atoms with Gasteiger partial charge in [0.05, 0.1) is 28.8 Å². The molecule has 2 rings (SSSR count). The Morgan fingerprint density at radius 1 is 1.50 bits per heavy atom. The number of hydrogen-bond acceptors (Lipinski definition) is 4. The maximum atomic E-state index is 6.09. The predicted octanol–water partition coefficient (Wildman–Crippen LogP) is 1.74. The van der Waals surface area contributed by atoms with Gasteiger partial charge in [-0.15, -0.1) is 11.3 Å². The fourth-order valence-corrected chi connectivity index (χ4v) is 2.54. The van der Waals surface area contributed by atoms with Gasteiger partial charge in [-0.25, -0.2) is 9.97 Å². The minimum absolute atomic E-state index is 0.0638. The molecule has 2 aromatic heterocycles. The number of aryl methyl sites for hydroxylation is 3. The van der Waals surface area contributed by atoms with E-state index in [1.165, 1.54) is 4.88 Å². The molecule has 4 nitrogen and oxygen atoms in total. The van der Waals surface area contributed by atoms with Gasteiger partial charge < -0.3 is 10.3 Å². The molecule has 16 heavy (non-hydrogen) atoms. The predicted molar refractivity (Wildman–Crippen MR) is 65.4 cm³/mol. The zero-order valence-corrected chi connectivity index (χ0v) is 10.6. The van der Waals surface area contributed by atoms with E-state index in [4.69, 9.17) is 5.73 Å². The molecule has 0 saturated carbocycles. The molecule has 86 valence electrons. The Hall–Kier alpha value is -1.20. The molecule has 0 saturated heterocycles. The van der Waals surface area contributed by atoms with Gasteiger partial charge in [-0.3, -0.25) is 0 Å². The van der Waals surface area contributed by atoms with E-state index >= 15 is 0 Å². The Labute approximate surface area is 99.2 Å². The molecule has 1 atom stereocenters. The smallest absolute Gasteiger partial charge is 0.0950 e. The number of nitrogens with zero attached hydrogens (tertiary/aromatic N) is 3. The van der Waals surface area contributed by atoms with Crippen molar-refractivity contribution >= 4 is 11.3 Å². The highest BCUT2D eigenvalue weighted by Gasteiger charge is 2.12. The first-order valence-electron chi connectivity index (χ1n) is 5.22. The van der Waals surface area contributed by atoms with E-state index in [9.17, 15) is 0 Å². The van der Waals surface area contributed by atoms with Gasteiger partial charge in [0.1, 0.15) is 0 Å². The monoisotopic (exact) mass is 236 g/mol. The van der Waals surface area contributed by atoms with Crippen LogP contribution in [0.25, 0.3) is 0 Å². The fourth-order valence-electron chi connectivity index (χ4n) is 1.54. The molecule has 0 spiro atoms. The highest BCUT2D eigenvalue weighted by Crippen LogP contribution is 2.21. The van der Waals surface area contributed by atoms with Crippen LogP contribution in [0.5, 0.6) is 0 Å². The average Bonchev–Trinajstić information content (AvgIpc) is 2.75. The third-order valence-electron chi connectivity index (χ3n) is 2.57. The van der Waals surface area contributed by atoms with Crippen LogP contribution in [-0.4, -0.2) is 14.5 Å². The number of hydrogen-bond donors (Lipinski definition) is 1. The van der Waals surface area contributed by atoms with Crippen molar-refractivity contribution in [2.75, 3.05) is 0 Å². The summed E-state index contributed by atoms with van der Waals surface area (Å²) in [6.07, 6.45) is 4.49. The molecule has 2 aromatic rings. The second-order valence-electron chi connectivity index (χ2n) is 4.02. The number of nitrogens with two attached hydrogens (primary N) is 1. The lowest BCUT2D eigenvalue weighted by Crippen LogP contribution is -2.13. The Bertz CT molecular complexity index is 466. The van der Waals surface area contributed by atoms with Crippen LogP contribution in [0.4, 0.5) is 0 Å². The van der Waals surface area contributed by atoms with Gasteiger partial charge in [-0.05, 0) is 13.8 Å². The summed E-state index contributed by atoms with van der Waals surface area (Å²) in [4.78, 5) is 10.0. The quantitative estimate of drug-likeness (QED) is 0.883. The molecule has 0 amide bonds. The molecule has 0 aliphatic heterocycles. The highest BCUT2D eigenvalue weighted by molar-refractivity contribution is 7.11. The Balaban J connectivity index is 2.10. The number of imidazole rings is 1. The lowest BCUT2D eigenvalue weighted by Gasteiger charge is -2.05. The van der Waals surface area contributed by atoms with E-state index in [2.05, 4.69) is 16.9 Å². The second-order valence-corrected chi connectivity index (χ2v) is 5.31. The van der Waals surface area contributed by atoms with Crippen molar-refractivity contribution in [1.82, 2.24) is 14.5 Å². The maximum absolute atomic E-state index is 6.09. The summed E-state index contributed by atoms with van der Waals surface area (Å²) in [7, 11) is 1.95. The molecule has 1 unspecified atom stereocenters. The van der Waals surface area contributed by atoms with Gasteiger partial charge in [0.2, 0.25) is 0 Å². The van der Waals surface area contributed by atoms with Gasteiger partial charge in [0.25, 0.3) is 0 Å². The topological polar surface area (TPSA) is 56.7 Å². The molecule has 0 fully saturated rings. The zero-order valence-electron chi connectivity index (χ0n) is 9.77. The van der Waals surface area contributed by atoms with Crippen molar-refractivity contribution in [3.8, 4) is 0 Å². The largest absolute Gasteiger partial charge is 0.340 e. The van der Waals surface area contributed by atoms with Gasteiger partial charge in [0.15, 0.2) is 0 Å².